The van der Waals surface area contributed by atoms with E-state index in [9.17, 15) is 0 Å². The second-order valence-corrected chi connectivity index (χ2v) is 4.81. The molecule has 0 aliphatic rings. The highest BCUT2D eigenvalue weighted by molar-refractivity contribution is 5.85. The van der Waals surface area contributed by atoms with Crippen molar-refractivity contribution in [2.75, 3.05) is 0 Å². The van der Waals surface area contributed by atoms with Crippen molar-refractivity contribution in [2.45, 2.75) is 53.4 Å². The maximum absolute atomic E-state index is 4.44. The lowest BCUT2D eigenvalue weighted by Gasteiger charge is -2.01. The maximum atomic E-state index is 4.44. The summed E-state index contributed by atoms with van der Waals surface area (Å²) in [6.45, 7) is 9.93. The molecule has 0 fully saturated rings. The molecule has 0 aliphatic heterocycles. The Morgan fingerprint density at radius 1 is 1.15 bits per heavy atom. The van der Waals surface area contributed by atoms with Crippen molar-refractivity contribution in [2.24, 2.45) is 0 Å². The quantitative estimate of drug-likeness (QED) is 0.854. The van der Waals surface area contributed by atoms with E-state index in [4.69, 9.17) is 0 Å². The minimum atomic E-state index is 0. The summed E-state index contributed by atoms with van der Waals surface area (Å²) >= 11 is 0. The van der Waals surface area contributed by atoms with Crippen LogP contribution in [0.2, 0.25) is 0 Å². The predicted molar refractivity (Wildman–Crippen MR) is 82.9 cm³/mol. The first-order valence-corrected chi connectivity index (χ1v) is 6.98. The third kappa shape index (κ3) is 4.35. The first kappa shape index (κ1) is 16.7. The maximum Gasteiger partial charge on any atom is 0.0638 e. The van der Waals surface area contributed by atoms with Gasteiger partial charge in [-0.05, 0) is 20.3 Å². The third-order valence-corrected chi connectivity index (χ3v) is 3.16. The molecule has 0 radical (unpaired) electrons. The number of nitrogens with one attached hydrogen (secondary N) is 1. The van der Waals surface area contributed by atoms with E-state index in [-0.39, 0.29) is 12.4 Å². The lowest BCUT2D eigenvalue weighted by molar-refractivity contribution is 0.601. The van der Waals surface area contributed by atoms with Crippen molar-refractivity contribution in [3.05, 3.63) is 35.4 Å². The van der Waals surface area contributed by atoms with E-state index >= 15 is 0 Å². The summed E-state index contributed by atoms with van der Waals surface area (Å²) in [6.07, 6.45) is 7.27. The number of hydrogen-bond acceptors (Lipinski definition) is 3. The van der Waals surface area contributed by atoms with Gasteiger partial charge in [-0.25, -0.2) is 0 Å². The molecule has 112 valence electrons. The molecule has 0 bridgehead atoms. The zero-order chi connectivity index (χ0) is 13.7. The van der Waals surface area contributed by atoms with Crippen LogP contribution in [0.15, 0.2) is 18.6 Å². The first-order chi connectivity index (χ1) is 9.22. The molecule has 0 unspecified atom stereocenters. The smallest absolute Gasteiger partial charge is 0.0638 e. The van der Waals surface area contributed by atoms with Crippen LogP contribution < -0.4 is 5.32 Å². The Hall–Kier alpha value is -1.33. The fourth-order valence-electron chi connectivity index (χ4n) is 2.09. The molecule has 2 aromatic heterocycles. The van der Waals surface area contributed by atoms with Crippen LogP contribution in [-0.2, 0) is 26.2 Å². The van der Waals surface area contributed by atoms with E-state index in [0.717, 1.165) is 38.3 Å². The zero-order valence-electron chi connectivity index (χ0n) is 12.5. The summed E-state index contributed by atoms with van der Waals surface area (Å²) in [4.78, 5) is 0. The van der Waals surface area contributed by atoms with Gasteiger partial charge >= 0.3 is 0 Å². The van der Waals surface area contributed by atoms with Gasteiger partial charge in [0, 0.05) is 49.7 Å². The van der Waals surface area contributed by atoms with Crippen molar-refractivity contribution in [1.29, 1.82) is 0 Å². The summed E-state index contributed by atoms with van der Waals surface area (Å²) in [5.74, 6) is 0. The number of aromatic nitrogens is 4. The zero-order valence-corrected chi connectivity index (χ0v) is 13.3. The van der Waals surface area contributed by atoms with Crippen molar-refractivity contribution in [3.8, 4) is 0 Å². The Morgan fingerprint density at radius 3 is 2.60 bits per heavy atom. The Bertz CT molecular complexity index is 517. The first-order valence-electron chi connectivity index (χ1n) is 6.98. The van der Waals surface area contributed by atoms with Gasteiger partial charge in [-0.3, -0.25) is 9.36 Å². The predicted octanol–water partition coefficient (Wildman–Crippen LogP) is 2.53. The molecular formula is C14H24ClN5. The third-order valence-electron chi connectivity index (χ3n) is 3.16. The van der Waals surface area contributed by atoms with Crippen LogP contribution in [-0.4, -0.2) is 19.6 Å². The monoisotopic (exact) mass is 297 g/mol. The molecule has 1 N–H and O–H groups in total. The van der Waals surface area contributed by atoms with Crippen molar-refractivity contribution < 1.29 is 0 Å². The molecule has 0 aliphatic carbocycles. The summed E-state index contributed by atoms with van der Waals surface area (Å²) in [7, 11) is 0. The van der Waals surface area contributed by atoms with E-state index < -0.39 is 0 Å². The van der Waals surface area contributed by atoms with Crippen molar-refractivity contribution in [1.82, 2.24) is 24.9 Å². The molecule has 0 amide bonds. The van der Waals surface area contributed by atoms with E-state index in [1.165, 1.54) is 11.1 Å². The Morgan fingerprint density at radius 2 is 1.95 bits per heavy atom. The number of hydrogen-bond donors (Lipinski definition) is 1. The molecule has 20 heavy (non-hydrogen) atoms. The van der Waals surface area contributed by atoms with Gasteiger partial charge in [0.25, 0.3) is 0 Å². The van der Waals surface area contributed by atoms with Gasteiger partial charge in [0.2, 0.25) is 0 Å². The summed E-state index contributed by atoms with van der Waals surface area (Å²) in [6, 6.07) is 0. The Kier molecular flexibility index (Phi) is 6.75. The largest absolute Gasteiger partial charge is 0.308 e. The van der Waals surface area contributed by atoms with Crippen molar-refractivity contribution in [3.63, 3.8) is 0 Å². The number of aryl methyl sites for hydroxylation is 3. The molecule has 2 aromatic rings. The Balaban J connectivity index is 0.00000200. The average Bonchev–Trinajstić information content (AvgIpc) is 2.98. The second kappa shape index (κ2) is 8.07. The number of rotatable bonds is 7. The van der Waals surface area contributed by atoms with Gasteiger partial charge in [-0.1, -0.05) is 6.92 Å². The van der Waals surface area contributed by atoms with Gasteiger partial charge in [-0.15, -0.1) is 12.4 Å². The van der Waals surface area contributed by atoms with Crippen LogP contribution >= 0.6 is 12.4 Å². The van der Waals surface area contributed by atoms with E-state index in [0.29, 0.717) is 0 Å². The van der Waals surface area contributed by atoms with E-state index in [1.807, 2.05) is 15.6 Å². The topological polar surface area (TPSA) is 47.7 Å². The number of halogens is 1. The molecule has 2 heterocycles. The molecule has 6 heteroatoms. The van der Waals surface area contributed by atoms with Crippen LogP contribution in [0.3, 0.4) is 0 Å². The molecule has 0 saturated carbocycles. The lowest BCUT2D eigenvalue weighted by atomic mass is 10.2. The molecule has 0 atom stereocenters. The molecule has 0 aromatic carbocycles. The van der Waals surface area contributed by atoms with Gasteiger partial charge in [0.05, 0.1) is 11.9 Å². The van der Waals surface area contributed by atoms with Gasteiger partial charge < -0.3 is 5.32 Å². The highest BCUT2D eigenvalue weighted by atomic mass is 35.5. The molecule has 5 nitrogen and oxygen atoms in total. The van der Waals surface area contributed by atoms with Crippen LogP contribution in [0.4, 0.5) is 0 Å². The van der Waals surface area contributed by atoms with Gasteiger partial charge in [0.15, 0.2) is 0 Å². The normalized spacial score (nSPS) is 10.6. The van der Waals surface area contributed by atoms with E-state index in [1.54, 1.807) is 0 Å². The molecule has 0 spiro atoms. The Labute approximate surface area is 126 Å². The minimum absolute atomic E-state index is 0. The minimum Gasteiger partial charge on any atom is -0.308 e. The van der Waals surface area contributed by atoms with Gasteiger partial charge in [0.1, 0.15) is 0 Å². The fraction of sp³-hybridized carbons (Fsp3) is 0.571. The van der Waals surface area contributed by atoms with Crippen LogP contribution in [0.5, 0.6) is 0 Å². The second-order valence-electron chi connectivity index (χ2n) is 4.81. The van der Waals surface area contributed by atoms with Crippen LogP contribution in [0.25, 0.3) is 0 Å². The molecular weight excluding hydrogens is 274 g/mol. The standard InChI is InChI=1S/C14H23N5.ClH/c1-4-6-19-10-13(8-16-19)7-15-9-14-11-18(5-2)17-12(14)3;/h8,10-11,15H,4-7,9H2,1-3H3;1H. The van der Waals surface area contributed by atoms with Crippen molar-refractivity contribution >= 4 is 12.4 Å². The highest BCUT2D eigenvalue weighted by Crippen LogP contribution is 2.06. The van der Waals surface area contributed by atoms with Gasteiger partial charge in [-0.2, -0.15) is 10.2 Å². The van der Waals surface area contributed by atoms with E-state index in [2.05, 4.69) is 48.7 Å². The molecule has 0 saturated heterocycles. The summed E-state index contributed by atoms with van der Waals surface area (Å²) in [5.41, 5.74) is 3.60. The summed E-state index contributed by atoms with van der Waals surface area (Å²) in [5, 5.41) is 12.2. The van der Waals surface area contributed by atoms with Crippen LogP contribution in [0.1, 0.15) is 37.1 Å². The SMILES string of the molecule is CCCn1cc(CNCc2cn(CC)nc2C)cn1.Cl. The fourth-order valence-corrected chi connectivity index (χ4v) is 2.09. The number of nitrogens with zero attached hydrogens (tertiary/aromatic N) is 4. The highest BCUT2D eigenvalue weighted by Gasteiger charge is 2.04. The summed E-state index contributed by atoms with van der Waals surface area (Å²) < 4.78 is 3.98. The lowest BCUT2D eigenvalue weighted by Crippen LogP contribution is -2.12. The van der Waals surface area contributed by atoms with Crippen LogP contribution in [0, 0.1) is 6.92 Å². The molecule has 2 rings (SSSR count). The average molecular weight is 298 g/mol.